The molecule has 0 spiro atoms. The van der Waals surface area contributed by atoms with Gasteiger partial charge in [-0.05, 0) is 45.4 Å². The second-order valence-electron chi connectivity index (χ2n) is 5.10. The fourth-order valence-corrected chi connectivity index (χ4v) is 1.72. The molecule has 1 rings (SSSR count). The molecular weight excluding hydrogens is 264 g/mol. The van der Waals surface area contributed by atoms with Crippen LogP contribution < -0.4 is 11.1 Å². The van der Waals surface area contributed by atoms with Gasteiger partial charge in [0, 0.05) is 5.69 Å². The number of hydrogen-bond acceptors (Lipinski definition) is 3. The summed E-state index contributed by atoms with van der Waals surface area (Å²) in [5.41, 5.74) is 6.35. The fourth-order valence-electron chi connectivity index (χ4n) is 1.48. The van der Waals surface area contributed by atoms with Gasteiger partial charge in [0.05, 0.1) is 16.3 Å². The number of rotatable bonds is 5. The Balaban J connectivity index is 2.69. The summed E-state index contributed by atoms with van der Waals surface area (Å²) in [6.07, 6.45) is 0.274. The topological polar surface area (TPSA) is 64.3 Å². The van der Waals surface area contributed by atoms with Crippen LogP contribution in [0, 0.1) is 0 Å². The van der Waals surface area contributed by atoms with E-state index in [-0.39, 0.29) is 11.5 Å². The first-order valence-electron chi connectivity index (χ1n) is 6.29. The first kappa shape index (κ1) is 15.8. The van der Waals surface area contributed by atoms with Crippen molar-refractivity contribution in [3.8, 4) is 0 Å². The van der Waals surface area contributed by atoms with Crippen molar-refractivity contribution in [2.75, 3.05) is 11.1 Å². The lowest BCUT2D eigenvalue weighted by molar-refractivity contribution is -0.137. The van der Waals surface area contributed by atoms with Gasteiger partial charge in [-0.3, -0.25) is 4.79 Å². The average molecular weight is 285 g/mol. The van der Waals surface area contributed by atoms with E-state index in [0.29, 0.717) is 16.4 Å². The van der Waals surface area contributed by atoms with E-state index in [1.165, 1.54) is 0 Å². The Hall–Kier alpha value is -1.26. The maximum absolute atomic E-state index is 12.0. The van der Waals surface area contributed by atoms with Crippen molar-refractivity contribution in [3.63, 3.8) is 0 Å². The third-order valence-electron chi connectivity index (χ3n) is 2.97. The molecule has 0 aliphatic carbocycles. The monoisotopic (exact) mass is 284 g/mol. The minimum atomic E-state index is -0.552. The van der Waals surface area contributed by atoms with Crippen LogP contribution in [0.3, 0.4) is 0 Å². The lowest BCUT2D eigenvalue weighted by Gasteiger charge is -2.27. The Kier molecular flexibility index (Phi) is 5.20. The molecule has 0 fully saturated rings. The fraction of sp³-hybridized carbons (Fsp3) is 0.500. The SMILES string of the molecule is CCC(C)(C)OC(C)C(=O)Nc1ccc(N)cc1Cl. The highest BCUT2D eigenvalue weighted by atomic mass is 35.5. The van der Waals surface area contributed by atoms with Gasteiger partial charge >= 0.3 is 0 Å². The zero-order valence-corrected chi connectivity index (χ0v) is 12.5. The molecule has 0 aromatic heterocycles. The Bertz CT molecular complexity index is 461. The second-order valence-corrected chi connectivity index (χ2v) is 5.51. The molecule has 0 radical (unpaired) electrons. The predicted octanol–water partition coefficient (Wildman–Crippen LogP) is 3.45. The first-order chi connectivity index (χ1) is 8.75. The molecule has 4 nitrogen and oxygen atoms in total. The molecule has 1 aromatic carbocycles. The number of benzene rings is 1. The van der Waals surface area contributed by atoms with Crippen molar-refractivity contribution in [3.05, 3.63) is 23.2 Å². The summed E-state index contributed by atoms with van der Waals surface area (Å²) < 4.78 is 5.70. The summed E-state index contributed by atoms with van der Waals surface area (Å²) in [5, 5.41) is 3.14. The van der Waals surface area contributed by atoms with Gasteiger partial charge in [0.25, 0.3) is 5.91 Å². The average Bonchev–Trinajstić information content (AvgIpc) is 2.32. The van der Waals surface area contributed by atoms with Crippen molar-refractivity contribution >= 4 is 28.9 Å². The molecule has 0 aliphatic heterocycles. The highest BCUT2D eigenvalue weighted by Crippen LogP contribution is 2.25. The highest BCUT2D eigenvalue weighted by Gasteiger charge is 2.24. The Morgan fingerprint density at radius 2 is 2.16 bits per heavy atom. The van der Waals surface area contributed by atoms with Gasteiger partial charge in [-0.1, -0.05) is 18.5 Å². The van der Waals surface area contributed by atoms with Gasteiger partial charge in [0.15, 0.2) is 0 Å². The summed E-state index contributed by atoms with van der Waals surface area (Å²) in [5.74, 6) is -0.229. The number of amides is 1. The van der Waals surface area contributed by atoms with Gasteiger partial charge in [-0.25, -0.2) is 0 Å². The van der Waals surface area contributed by atoms with Gasteiger partial charge in [0.1, 0.15) is 6.10 Å². The molecule has 5 heteroatoms. The number of nitrogens with two attached hydrogens (primary N) is 1. The molecule has 0 saturated carbocycles. The normalized spacial score (nSPS) is 13.1. The van der Waals surface area contributed by atoms with Crippen LogP contribution in [-0.2, 0) is 9.53 Å². The van der Waals surface area contributed by atoms with E-state index in [1.807, 2.05) is 20.8 Å². The second kappa shape index (κ2) is 6.26. The van der Waals surface area contributed by atoms with E-state index in [1.54, 1.807) is 25.1 Å². The lowest BCUT2D eigenvalue weighted by atomic mass is 10.1. The number of carbonyl (C=O) groups excluding carboxylic acids is 1. The summed E-state index contributed by atoms with van der Waals surface area (Å²) in [7, 11) is 0. The van der Waals surface area contributed by atoms with Crippen LogP contribution in [-0.4, -0.2) is 17.6 Å². The molecule has 1 unspecified atom stereocenters. The molecule has 0 bridgehead atoms. The Labute approximate surface area is 119 Å². The Morgan fingerprint density at radius 3 is 2.68 bits per heavy atom. The number of nitrogen functional groups attached to an aromatic ring is 1. The number of hydrogen-bond donors (Lipinski definition) is 2. The van der Waals surface area contributed by atoms with Crippen molar-refractivity contribution in [1.29, 1.82) is 0 Å². The summed E-state index contributed by atoms with van der Waals surface area (Å²) in [6, 6.07) is 4.95. The zero-order chi connectivity index (χ0) is 14.6. The van der Waals surface area contributed by atoms with Crippen LogP contribution >= 0.6 is 11.6 Å². The van der Waals surface area contributed by atoms with E-state index in [2.05, 4.69) is 5.32 Å². The maximum atomic E-state index is 12.0. The number of carbonyl (C=O) groups is 1. The maximum Gasteiger partial charge on any atom is 0.253 e. The van der Waals surface area contributed by atoms with E-state index in [9.17, 15) is 4.79 Å². The molecule has 3 N–H and O–H groups in total. The number of ether oxygens (including phenoxy) is 1. The van der Waals surface area contributed by atoms with Crippen molar-refractivity contribution in [2.45, 2.75) is 45.8 Å². The van der Waals surface area contributed by atoms with Crippen LogP contribution in [0.5, 0.6) is 0 Å². The van der Waals surface area contributed by atoms with Gasteiger partial charge in [0.2, 0.25) is 0 Å². The quantitative estimate of drug-likeness (QED) is 0.814. The number of halogens is 1. The molecule has 0 heterocycles. The molecule has 0 aliphatic rings. The molecule has 1 aromatic rings. The van der Waals surface area contributed by atoms with Crippen LogP contribution in [0.4, 0.5) is 11.4 Å². The largest absolute Gasteiger partial charge is 0.399 e. The van der Waals surface area contributed by atoms with E-state index in [0.717, 1.165) is 6.42 Å². The molecule has 106 valence electrons. The van der Waals surface area contributed by atoms with E-state index in [4.69, 9.17) is 22.1 Å². The predicted molar refractivity (Wildman–Crippen MR) is 79.4 cm³/mol. The van der Waals surface area contributed by atoms with E-state index < -0.39 is 6.10 Å². The third kappa shape index (κ3) is 4.73. The van der Waals surface area contributed by atoms with Gasteiger partial charge in [-0.2, -0.15) is 0 Å². The van der Waals surface area contributed by atoms with Crippen molar-refractivity contribution < 1.29 is 9.53 Å². The molecule has 19 heavy (non-hydrogen) atoms. The van der Waals surface area contributed by atoms with Gasteiger partial charge in [-0.15, -0.1) is 0 Å². The van der Waals surface area contributed by atoms with Crippen LogP contribution in [0.2, 0.25) is 5.02 Å². The lowest BCUT2D eigenvalue weighted by Crippen LogP contribution is -2.36. The van der Waals surface area contributed by atoms with Crippen LogP contribution in [0.15, 0.2) is 18.2 Å². The highest BCUT2D eigenvalue weighted by molar-refractivity contribution is 6.34. The molecular formula is C14H21ClN2O2. The summed E-state index contributed by atoms with van der Waals surface area (Å²) >= 11 is 6.00. The van der Waals surface area contributed by atoms with Gasteiger partial charge < -0.3 is 15.8 Å². The Morgan fingerprint density at radius 1 is 1.53 bits per heavy atom. The minimum Gasteiger partial charge on any atom is -0.399 e. The van der Waals surface area contributed by atoms with Crippen molar-refractivity contribution in [2.24, 2.45) is 0 Å². The standard InChI is InChI=1S/C14H21ClN2O2/c1-5-14(3,4)19-9(2)13(18)17-12-7-6-10(16)8-11(12)15/h6-9H,5,16H2,1-4H3,(H,17,18). The molecule has 0 saturated heterocycles. The summed E-state index contributed by atoms with van der Waals surface area (Å²) in [6.45, 7) is 7.64. The van der Waals surface area contributed by atoms with Crippen LogP contribution in [0.25, 0.3) is 0 Å². The van der Waals surface area contributed by atoms with Crippen molar-refractivity contribution in [1.82, 2.24) is 0 Å². The van der Waals surface area contributed by atoms with E-state index >= 15 is 0 Å². The number of nitrogens with one attached hydrogen (secondary N) is 1. The first-order valence-corrected chi connectivity index (χ1v) is 6.66. The zero-order valence-electron chi connectivity index (χ0n) is 11.8. The smallest absolute Gasteiger partial charge is 0.253 e. The molecule has 1 atom stereocenters. The number of anilines is 2. The minimum absolute atomic E-state index is 0.229. The van der Waals surface area contributed by atoms with Crippen LogP contribution in [0.1, 0.15) is 34.1 Å². The summed E-state index contributed by atoms with van der Waals surface area (Å²) in [4.78, 5) is 12.0. The third-order valence-corrected chi connectivity index (χ3v) is 3.28. The molecule has 1 amide bonds.